The highest BCUT2D eigenvalue weighted by molar-refractivity contribution is 7.88. The van der Waals surface area contributed by atoms with Gasteiger partial charge in [-0.05, 0) is 6.07 Å². The molecule has 184 valence electrons. The summed E-state index contributed by atoms with van der Waals surface area (Å²) < 4.78 is 37.0. The molecule has 0 spiro atoms. The van der Waals surface area contributed by atoms with Gasteiger partial charge in [-0.3, -0.25) is 10.00 Å². The minimum Gasteiger partial charge on any atom is -0.454 e. The summed E-state index contributed by atoms with van der Waals surface area (Å²) in [4.78, 5) is 14.2. The first-order chi connectivity index (χ1) is 17.0. The smallest absolute Gasteiger partial charge is 0.211 e. The first-order valence-corrected chi connectivity index (χ1v) is 13.5. The van der Waals surface area contributed by atoms with Crippen molar-refractivity contribution in [3.05, 3.63) is 36.2 Å². The number of furan rings is 1. The monoisotopic (exact) mass is 497 g/mol. The molecule has 11 nitrogen and oxygen atoms in total. The molecule has 0 atom stereocenters. The molecule has 2 fully saturated rings. The van der Waals surface area contributed by atoms with Crippen LogP contribution >= 0.6 is 0 Å². The van der Waals surface area contributed by atoms with Gasteiger partial charge < -0.3 is 14.1 Å². The molecular formula is C23H27N7O4S. The van der Waals surface area contributed by atoms with Gasteiger partial charge in [0.15, 0.2) is 17.2 Å². The summed E-state index contributed by atoms with van der Waals surface area (Å²) in [5.74, 6) is 2.18. The van der Waals surface area contributed by atoms with Gasteiger partial charge >= 0.3 is 0 Å². The Kier molecular flexibility index (Phi) is 5.67. The van der Waals surface area contributed by atoms with Gasteiger partial charge in [-0.15, -0.1) is 0 Å². The van der Waals surface area contributed by atoms with Crippen LogP contribution in [0.1, 0.15) is 5.76 Å². The maximum Gasteiger partial charge on any atom is 0.211 e. The number of sulfonamides is 1. The molecule has 2 aliphatic heterocycles. The van der Waals surface area contributed by atoms with Gasteiger partial charge in [-0.2, -0.15) is 9.40 Å². The Balaban J connectivity index is 1.36. The molecule has 2 aliphatic rings. The van der Waals surface area contributed by atoms with E-state index in [0.29, 0.717) is 57.3 Å². The second-order valence-corrected chi connectivity index (χ2v) is 11.0. The average Bonchev–Trinajstić information content (AvgIpc) is 3.50. The Bertz CT molecular complexity index is 1470. The average molecular weight is 498 g/mol. The molecule has 0 aliphatic carbocycles. The van der Waals surface area contributed by atoms with Crippen LogP contribution in [-0.2, 0) is 21.3 Å². The van der Waals surface area contributed by atoms with Crippen molar-refractivity contribution in [1.29, 1.82) is 0 Å². The number of rotatable bonds is 5. The van der Waals surface area contributed by atoms with Crippen LogP contribution in [-0.4, -0.2) is 96.5 Å². The molecule has 2 saturated heterocycles. The Labute approximate surface area is 202 Å². The number of benzene rings is 1. The summed E-state index contributed by atoms with van der Waals surface area (Å²) in [5.41, 5.74) is 3.26. The largest absolute Gasteiger partial charge is 0.454 e. The van der Waals surface area contributed by atoms with Crippen LogP contribution in [0.4, 0.5) is 5.82 Å². The number of anilines is 1. The lowest BCUT2D eigenvalue weighted by Gasteiger charge is -2.32. The Morgan fingerprint density at radius 3 is 2.63 bits per heavy atom. The molecule has 0 unspecified atom stereocenters. The molecule has 0 bridgehead atoms. The van der Waals surface area contributed by atoms with E-state index in [0.717, 1.165) is 46.7 Å². The number of morpholine rings is 1. The molecule has 3 aromatic heterocycles. The van der Waals surface area contributed by atoms with Gasteiger partial charge in [0.2, 0.25) is 10.0 Å². The van der Waals surface area contributed by atoms with E-state index in [4.69, 9.17) is 19.1 Å². The van der Waals surface area contributed by atoms with Gasteiger partial charge in [0, 0.05) is 56.3 Å². The van der Waals surface area contributed by atoms with Crippen molar-refractivity contribution < 1.29 is 17.6 Å². The van der Waals surface area contributed by atoms with E-state index >= 15 is 0 Å². The number of fused-ring (bicyclic) bond motifs is 2. The standard InChI is InChI=1S/C23H27N7O4S/c1-35(31,32)30-7-5-28(6-8-30)15-16-13-20-21(34-16)23(29-9-11-33-12-10-29)26-22(25-20)17-3-2-4-19-18(17)14-24-27-19/h2-4,13-14H,5-12,15H2,1H3,(H,24,27). The van der Waals surface area contributed by atoms with Crippen molar-refractivity contribution in [1.82, 2.24) is 29.4 Å². The first kappa shape index (κ1) is 22.4. The fraction of sp³-hybridized carbons (Fsp3) is 0.435. The molecule has 0 radical (unpaired) electrons. The lowest BCUT2D eigenvalue weighted by Crippen LogP contribution is -2.47. The van der Waals surface area contributed by atoms with E-state index < -0.39 is 10.0 Å². The highest BCUT2D eigenvalue weighted by Gasteiger charge is 2.26. The molecule has 12 heteroatoms. The Morgan fingerprint density at radius 2 is 1.86 bits per heavy atom. The summed E-state index contributed by atoms with van der Waals surface area (Å²) in [7, 11) is -3.16. The van der Waals surface area contributed by atoms with Crippen molar-refractivity contribution in [3.63, 3.8) is 0 Å². The zero-order valence-electron chi connectivity index (χ0n) is 19.5. The summed E-state index contributed by atoms with van der Waals surface area (Å²) in [5, 5.41) is 8.15. The van der Waals surface area contributed by atoms with Crippen LogP contribution in [0.15, 0.2) is 34.9 Å². The number of nitrogens with zero attached hydrogens (tertiary/aromatic N) is 6. The van der Waals surface area contributed by atoms with Gasteiger partial charge in [0.05, 0.1) is 37.7 Å². The predicted octanol–water partition coefficient (Wildman–Crippen LogP) is 1.68. The zero-order chi connectivity index (χ0) is 24.0. The third-order valence-electron chi connectivity index (χ3n) is 6.62. The Morgan fingerprint density at radius 1 is 1.06 bits per heavy atom. The van der Waals surface area contributed by atoms with E-state index in [-0.39, 0.29) is 0 Å². The highest BCUT2D eigenvalue weighted by Crippen LogP contribution is 2.33. The quantitative estimate of drug-likeness (QED) is 0.439. The maximum atomic E-state index is 11.8. The van der Waals surface area contributed by atoms with Crippen molar-refractivity contribution in [2.45, 2.75) is 6.54 Å². The number of aromatic nitrogens is 4. The predicted molar refractivity (Wildman–Crippen MR) is 132 cm³/mol. The minimum atomic E-state index is -3.16. The molecule has 4 aromatic rings. The molecule has 0 amide bonds. The van der Waals surface area contributed by atoms with Gasteiger partial charge in [0.1, 0.15) is 11.3 Å². The molecule has 35 heavy (non-hydrogen) atoms. The molecular weight excluding hydrogens is 470 g/mol. The lowest BCUT2D eigenvalue weighted by atomic mass is 10.1. The van der Waals surface area contributed by atoms with Crippen LogP contribution in [0.25, 0.3) is 33.4 Å². The molecule has 6 rings (SSSR count). The van der Waals surface area contributed by atoms with Crippen LogP contribution in [0, 0.1) is 0 Å². The van der Waals surface area contributed by atoms with Crippen LogP contribution in [0.5, 0.6) is 0 Å². The van der Waals surface area contributed by atoms with Gasteiger partial charge in [0.25, 0.3) is 0 Å². The summed E-state index contributed by atoms with van der Waals surface area (Å²) in [6, 6.07) is 7.93. The summed E-state index contributed by atoms with van der Waals surface area (Å²) >= 11 is 0. The van der Waals surface area contributed by atoms with E-state index in [2.05, 4.69) is 20.0 Å². The minimum absolute atomic E-state index is 0.483. The molecule has 1 N–H and O–H groups in total. The van der Waals surface area contributed by atoms with Crippen molar-refractivity contribution in [2.75, 3.05) is 63.6 Å². The maximum absolute atomic E-state index is 11.8. The normalized spacial score (nSPS) is 18.6. The topological polar surface area (TPSA) is 121 Å². The Hall–Kier alpha value is -3.06. The fourth-order valence-electron chi connectivity index (χ4n) is 4.75. The number of hydrogen-bond acceptors (Lipinski definition) is 9. The number of nitrogens with one attached hydrogen (secondary N) is 1. The van der Waals surface area contributed by atoms with Crippen LogP contribution < -0.4 is 4.90 Å². The van der Waals surface area contributed by atoms with Crippen molar-refractivity contribution in [3.8, 4) is 11.4 Å². The third-order valence-corrected chi connectivity index (χ3v) is 7.92. The van der Waals surface area contributed by atoms with E-state index in [1.807, 2.05) is 24.3 Å². The summed E-state index contributed by atoms with van der Waals surface area (Å²) in [6.45, 7) is 5.58. The first-order valence-electron chi connectivity index (χ1n) is 11.7. The third kappa shape index (κ3) is 4.38. The number of H-pyrrole nitrogens is 1. The second-order valence-electron chi connectivity index (χ2n) is 8.97. The van der Waals surface area contributed by atoms with E-state index in [9.17, 15) is 8.42 Å². The molecule has 5 heterocycles. The summed E-state index contributed by atoms with van der Waals surface area (Å²) in [6.07, 6.45) is 3.05. The second kappa shape index (κ2) is 8.86. The number of piperazine rings is 1. The van der Waals surface area contributed by atoms with Gasteiger partial charge in [-0.1, -0.05) is 12.1 Å². The van der Waals surface area contributed by atoms with E-state index in [1.165, 1.54) is 10.6 Å². The highest BCUT2D eigenvalue weighted by atomic mass is 32.2. The number of ether oxygens (including phenoxy) is 1. The number of hydrogen-bond donors (Lipinski definition) is 1. The van der Waals surface area contributed by atoms with Gasteiger partial charge in [-0.25, -0.2) is 18.4 Å². The fourth-order valence-corrected chi connectivity index (χ4v) is 5.58. The lowest BCUT2D eigenvalue weighted by molar-refractivity contribution is 0.122. The van der Waals surface area contributed by atoms with Crippen LogP contribution in [0.2, 0.25) is 0 Å². The SMILES string of the molecule is CS(=O)(=O)N1CCN(Cc2cc3nc(-c4cccc5[nH]ncc45)nc(N4CCOCC4)c3o2)CC1. The number of aromatic amines is 1. The molecule has 1 aromatic carbocycles. The van der Waals surface area contributed by atoms with Crippen molar-refractivity contribution in [2.24, 2.45) is 0 Å². The molecule has 0 saturated carbocycles. The van der Waals surface area contributed by atoms with E-state index in [1.54, 1.807) is 6.20 Å². The van der Waals surface area contributed by atoms with Crippen LogP contribution in [0.3, 0.4) is 0 Å². The zero-order valence-corrected chi connectivity index (χ0v) is 20.3. The van der Waals surface area contributed by atoms with Crippen molar-refractivity contribution >= 4 is 37.8 Å².